The third kappa shape index (κ3) is 5.76. The van der Waals surface area contributed by atoms with Crippen molar-refractivity contribution in [2.75, 3.05) is 19.1 Å². The second-order valence-corrected chi connectivity index (χ2v) is 6.77. The highest BCUT2D eigenvalue weighted by Gasteiger charge is 2.31. The van der Waals surface area contributed by atoms with Gasteiger partial charge in [-0.15, -0.1) is 5.10 Å². The van der Waals surface area contributed by atoms with E-state index in [9.17, 15) is 18.0 Å². The maximum absolute atomic E-state index is 12.9. The molecule has 0 heterocycles. The van der Waals surface area contributed by atoms with Crippen LogP contribution in [0.3, 0.4) is 0 Å². The number of esters is 1. The zero-order valence-electron chi connectivity index (χ0n) is 15.3. The Morgan fingerprint density at radius 2 is 2.00 bits per heavy atom. The Bertz CT molecular complexity index is 689. The van der Waals surface area contributed by atoms with E-state index in [4.69, 9.17) is 16.3 Å². The second kappa shape index (κ2) is 9.30. The third-order valence-electron chi connectivity index (χ3n) is 4.49. The number of nitrogens with zero attached hydrogens (tertiary/aromatic N) is 2. The molecule has 0 saturated heterocycles. The fourth-order valence-corrected chi connectivity index (χ4v) is 3.17. The molecule has 1 aromatic rings. The lowest BCUT2D eigenvalue weighted by molar-refractivity contribution is -0.138. The first kappa shape index (κ1) is 21.3. The van der Waals surface area contributed by atoms with E-state index in [2.05, 4.69) is 10.5 Å². The minimum absolute atomic E-state index is 0.0113. The monoisotopic (exact) mass is 405 g/mol. The number of ether oxygens (including phenoxy) is 1. The lowest BCUT2D eigenvalue weighted by Crippen LogP contribution is -2.43. The molecule has 0 amide bonds. The van der Waals surface area contributed by atoms with Crippen LogP contribution in [0.4, 0.5) is 18.9 Å². The molecular formula is C18H23ClF3N3O2. The summed E-state index contributed by atoms with van der Waals surface area (Å²) in [6, 6.07) is 3.00. The highest BCUT2D eigenvalue weighted by atomic mass is 35.5. The quantitative estimate of drug-likeness (QED) is 0.334. The number of nitrogens with one attached hydrogen (secondary N) is 1. The van der Waals surface area contributed by atoms with E-state index < -0.39 is 17.7 Å². The van der Waals surface area contributed by atoms with Gasteiger partial charge in [0.15, 0.2) is 0 Å². The van der Waals surface area contributed by atoms with Crippen molar-refractivity contribution in [3.8, 4) is 0 Å². The number of amidine groups is 1. The fraction of sp³-hybridized carbons (Fsp3) is 0.556. The normalized spacial score (nSPS) is 16.1. The highest BCUT2D eigenvalue weighted by Crippen LogP contribution is 2.34. The summed E-state index contributed by atoms with van der Waals surface area (Å²) in [6.07, 6.45) is 0.580. The topological polar surface area (TPSA) is 53.9 Å². The predicted octanol–water partition coefficient (Wildman–Crippen LogP) is 4.91. The van der Waals surface area contributed by atoms with Crippen LogP contribution in [0.2, 0.25) is 5.02 Å². The van der Waals surface area contributed by atoms with Crippen molar-refractivity contribution < 1.29 is 22.7 Å². The van der Waals surface area contributed by atoms with Crippen LogP contribution in [0.5, 0.6) is 0 Å². The van der Waals surface area contributed by atoms with E-state index >= 15 is 0 Å². The van der Waals surface area contributed by atoms with Crippen molar-refractivity contribution in [2.24, 2.45) is 5.10 Å². The lowest BCUT2D eigenvalue weighted by Gasteiger charge is -2.32. The van der Waals surface area contributed by atoms with Crippen LogP contribution < -0.4 is 5.43 Å². The number of rotatable bonds is 4. The molecule has 1 aromatic carbocycles. The van der Waals surface area contributed by atoms with E-state index in [0.717, 1.165) is 50.3 Å². The van der Waals surface area contributed by atoms with Crippen molar-refractivity contribution in [3.05, 3.63) is 28.8 Å². The first-order valence-electron chi connectivity index (χ1n) is 8.84. The Kier molecular flexibility index (Phi) is 7.35. The molecule has 1 N–H and O–H groups in total. The summed E-state index contributed by atoms with van der Waals surface area (Å²) >= 11 is 5.97. The van der Waals surface area contributed by atoms with Gasteiger partial charge >= 0.3 is 12.1 Å². The molecule has 150 valence electrons. The molecule has 0 radical (unpaired) electrons. The van der Waals surface area contributed by atoms with E-state index in [1.807, 2.05) is 0 Å². The van der Waals surface area contributed by atoms with E-state index in [-0.39, 0.29) is 29.2 Å². The molecular weight excluding hydrogens is 383 g/mol. The second-order valence-electron chi connectivity index (χ2n) is 6.36. The number of carbonyl (C=O) groups is 1. The maximum Gasteiger partial charge on any atom is 0.416 e. The van der Waals surface area contributed by atoms with Crippen LogP contribution in [0.1, 0.15) is 44.6 Å². The number of alkyl halides is 3. The maximum atomic E-state index is 12.9. The Hall–Kier alpha value is -1.96. The van der Waals surface area contributed by atoms with Gasteiger partial charge in [0, 0.05) is 13.1 Å². The minimum atomic E-state index is -4.51. The number of hydrogen-bond acceptors (Lipinski definition) is 4. The molecule has 1 saturated carbocycles. The molecule has 27 heavy (non-hydrogen) atoms. The summed E-state index contributed by atoms with van der Waals surface area (Å²) in [7, 11) is 1.74. The van der Waals surface area contributed by atoms with Crippen LogP contribution in [0, 0.1) is 0 Å². The Morgan fingerprint density at radius 1 is 1.33 bits per heavy atom. The van der Waals surface area contributed by atoms with Gasteiger partial charge < -0.3 is 9.64 Å². The van der Waals surface area contributed by atoms with Crippen molar-refractivity contribution >= 4 is 29.1 Å². The minimum Gasteiger partial charge on any atom is -0.460 e. The van der Waals surface area contributed by atoms with Gasteiger partial charge in [0.25, 0.3) is 0 Å². The summed E-state index contributed by atoms with van der Waals surface area (Å²) in [4.78, 5) is 14.0. The Balaban J connectivity index is 2.27. The number of hydrogen-bond donors (Lipinski definition) is 1. The van der Waals surface area contributed by atoms with E-state index in [1.54, 1.807) is 18.9 Å². The Morgan fingerprint density at radius 3 is 2.59 bits per heavy atom. The summed E-state index contributed by atoms with van der Waals surface area (Å²) in [6.45, 7) is 1.84. The Labute approximate surface area is 161 Å². The molecule has 1 fully saturated rings. The molecule has 1 aliphatic carbocycles. The zero-order chi connectivity index (χ0) is 20.0. The van der Waals surface area contributed by atoms with Crippen molar-refractivity contribution in [2.45, 2.75) is 51.2 Å². The SMILES string of the molecule is CCOC(=O)/C(=N\Nc1cc(C(F)(F)F)ccc1Cl)N(C)C1CCCCC1. The highest BCUT2D eigenvalue weighted by molar-refractivity contribution is 6.35. The molecule has 2 rings (SSSR count). The largest absolute Gasteiger partial charge is 0.460 e. The fourth-order valence-electron chi connectivity index (χ4n) is 3.01. The zero-order valence-corrected chi connectivity index (χ0v) is 16.0. The third-order valence-corrected chi connectivity index (χ3v) is 4.82. The number of likely N-dealkylation sites (N-methyl/N-ethyl adjacent to an activating group) is 1. The van der Waals surface area contributed by atoms with E-state index in [0.29, 0.717) is 0 Å². The first-order chi connectivity index (χ1) is 12.7. The molecule has 0 atom stereocenters. The molecule has 0 aliphatic heterocycles. The number of hydrazone groups is 1. The van der Waals surface area contributed by atoms with Gasteiger partial charge in [-0.3, -0.25) is 5.43 Å². The van der Waals surface area contributed by atoms with Gasteiger partial charge in [-0.2, -0.15) is 13.2 Å². The molecule has 1 aliphatic rings. The summed E-state index contributed by atoms with van der Waals surface area (Å²) in [5, 5.41) is 4.10. The van der Waals surface area contributed by atoms with Gasteiger partial charge in [0.05, 0.1) is 22.9 Å². The lowest BCUT2D eigenvalue weighted by atomic mass is 9.94. The van der Waals surface area contributed by atoms with Gasteiger partial charge in [0.2, 0.25) is 5.84 Å². The van der Waals surface area contributed by atoms with Crippen LogP contribution in [0.25, 0.3) is 0 Å². The average molecular weight is 406 g/mol. The number of halogens is 4. The number of benzene rings is 1. The molecule has 0 aromatic heterocycles. The first-order valence-corrected chi connectivity index (χ1v) is 9.22. The van der Waals surface area contributed by atoms with Gasteiger partial charge in [-0.05, 0) is 38.0 Å². The van der Waals surface area contributed by atoms with Crippen LogP contribution in [0.15, 0.2) is 23.3 Å². The van der Waals surface area contributed by atoms with Gasteiger partial charge in [-0.25, -0.2) is 4.79 Å². The van der Waals surface area contributed by atoms with Crippen LogP contribution >= 0.6 is 11.6 Å². The van der Waals surface area contributed by atoms with Gasteiger partial charge in [-0.1, -0.05) is 30.9 Å². The van der Waals surface area contributed by atoms with Crippen LogP contribution in [-0.4, -0.2) is 36.4 Å². The molecule has 0 spiro atoms. The summed E-state index contributed by atoms with van der Waals surface area (Å²) in [5.41, 5.74) is 1.60. The smallest absolute Gasteiger partial charge is 0.416 e. The number of anilines is 1. The average Bonchev–Trinajstić information content (AvgIpc) is 2.63. The molecule has 9 heteroatoms. The standard InChI is InChI=1S/C18H23ClF3N3O2/c1-3-27-17(26)16(25(2)13-7-5-4-6-8-13)24-23-15-11-12(18(20,21)22)9-10-14(15)19/h9-11,13,23H,3-8H2,1-2H3/b24-16+. The van der Waals surface area contributed by atoms with Gasteiger partial charge in [0.1, 0.15) is 0 Å². The molecule has 0 bridgehead atoms. The summed E-state index contributed by atoms with van der Waals surface area (Å²) < 4.78 is 43.8. The molecule has 0 unspecified atom stereocenters. The van der Waals surface area contributed by atoms with Crippen molar-refractivity contribution in [1.82, 2.24) is 4.90 Å². The van der Waals surface area contributed by atoms with Crippen molar-refractivity contribution in [3.63, 3.8) is 0 Å². The van der Waals surface area contributed by atoms with E-state index in [1.165, 1.54) is 0 Å². The molecule has 5 nitrogen and oxygen atoms in total. The van der Waals surface area contributed by atoms with Crippen molar-refractivity contribution in [1.29, 1.82) is 0 Å². The number of carbonyl (C=O) groups excluding carboxylic acids is 1. The summed E-state index contributed by atoms with van der Waals surface area (Å²) in [5.74, 6) is -0.626. The van der Waals surface area contributed by atoms with Crippen LogP contribution in [-0.2, 0) is 15.7 Å². The predicted molar refractivity (Wildman–Crippen MR) is 98.8 cm³/mol.